The minimum atomic E-state index is 0.136. The van der Waals surface area contributed by atoms with Gasteiger partial charge in [-0.1, -0.05) is 12.8 Å². The Morgan fingerprint density at radius 3 is 2.78 bits per heavy atom. The number of aromatic amines is 1. The van der Waals surface area contributed by atoms with E-state index in [4.69, 9.17) is 0 Å². The standard InChI is InChI=1S/C13H22N4O/c18-13(10-17-7-3-1-2-4-8-17)15-6-5-12-9-14-11-16-12/h9,11H,1-8,10H2,(H,14,16)(H,15,18). The predicted octanol–water partition coefficient (Wildman–Crippen LogP) is 0.944. The number of imidazole rings is 1. The molecule has 1 fully saturated rings. The van der Waals surface area contributed by atoms with Crippen LogP contribution in [0.1, 0.15) is 31.4 Å². The second-order valence-electron chi connectivity index (χ2n) is 4.87. The molecule has 1 amide bonds. The van der Waals surface area contributed by atoms with Gasteiger partial charge in [-0.25, -0.2) is 4.98 Å². The summed E-state index contributed by atoms with van der Waals surface area (Å²) in [6, 6.07) is 0. The maximum Gasteiger partial charge on any atom is 0.234 e. The average Bonchev–Trinajstić information content (AvgIpc) is 2.74. The second-order valence-corrected chi connectivity index (χ2v) is 4.87. The second kappa shape index (κ2) is 7.16. The highest BCUT2D eigenvalue weighted by molar-refractivity contribution is 5.77. The Kier molecular flexibility index (Phi) is 5.20. The van der Waals surface area contributed by atoms with Gasteiger partial charge >= 0.3 is 0 Å². The molecule has 18 heavy (non-hydrogen) atoms. The SMILES string of the molecule is O=C(CN1CCCCCC1)NCCc1cnc[nH]1. The van der Waals surface area contributed by atoms with Gasteiger partial charge in [0.2, 0.25) is 5.91 Å². The van der Waals surface area contributed by atoms with Crippen molar-refractivity contribution in [2.24, 2.45) is 0 Å². The Balaban J connectivity index is 1.62. The van der Waals surface area contributed by atoms with E-state index in [0.717, 1.165) is 25.2 Å². The van der Waals surface area contributed by atoms with Gasteiger partial charge in [0.15, 0.2) is 0 Å². The number of amides is 1. The molecule has 2 heterocycles. The smallest absolute Gasteiger partial charge is 0.234 e. The molecular formula is C13H22N4O. The molecule has 0 atom stereocenters. The molecule has 0 bridgehead atoms. The third kappa shape index (κ3) is 4.49. The van der Waals surface area contributed by atoms with E-state index in [-0.39, 0.29) is 5.91 Å². The van der Waals surface area contributed by atoms with Crippen LogP contribution in [0, 0.1) is 0 Å². The van der Waals surface area contributed by atoms with Crippen LogP contribution in [0.3, 0.4) is 0 Å². The zero-order valence-electron chi connectivity index (χ0n) is 10.8. The summed E-state index contributed by atoms with van der Waals surface area (Å²) in [4.78, 5) is 21.0. The van der Waals surface area contributed by atoms with E-state index in [0.29, 0.717) is 13.1 Å². The molecular weight excluding hydrogens is 228 g/mol. The lowest BCUT2D eigenvalue weighted by Gasteiger charge is -2.18. The van der Waals surface area contributed by atoms with Gasteiger partial charge in [-0.3, -0.25) is 9.69 Å². The third-order valence-corrected chi connectivity index (χ3v) is 3.34. The Labute approximate surface area is 108 Å². The molecule has 0 radical (unpaired) electrons. The average molecular weight is 250 g/mol. The molecule has 2 N–H and O–H groups in total. The normalized spacial score (nSPS) is 17.3. The first-order chi connectivity index (χ1) is 8.84. The van der Waals surface area contributed by atoms with Gasteiger partial charge in [0.1, 0.15) is 0 Å². The minimum Gasteiger partial charge on any atom is -0.355 e. The summed E-state index contributed by atoms with van der Waals surface area (Å²) in [7, 11) is 0. The van der Waals surface area contributed by atoms with Crippen LogP contribution in [0.15, 0.2) is 12.5 Å². The van der Waals surface area contributed by atoms with Gasteiger partial charge in [-0.05, 0) is 25.9 Å². The van der Waals surface area contributed by atoms with Gasteiger partial charge in [0.25, 0.3) is 0 Å². The highest BCUT2D eigenvalue weighted by Gasteiger charge is 2.12. The zero-order chi connectivity index (χ0) is 12.6. The van der Waals surface area contributed by atoms with Crippen LogP contribution in [-0.4, -0.2) is 47.0 Å². The van der Waals surface area contributed by atoms with Crippen LogP contribution in [0.2, 0.25) is 0 Å². The number of likely N-dealkylation sites (tertiary alicyclic amines) is 1. The first-order valence-electron chi connectivity index (χ1n) is 6.81. The molecule has 1 aliphatic rings. The summed E-state index contributed by atoms with van der Waals surface area (Å²) < 4.78 is 0. The van der Waals surface area contributed by atoms with E-state index in [1.807, 2.05) is 0 Å². The highest BCUT2D eigenvalue weighted by atomic mass is 16.2. The first-order valence-corrected chi connectivity index (χ1v) is 6.81. The highest BCUT2D eigenvalue weighted by Crippen LogP contribution is 2.08. The number of hydrogen-bond acceptors (Lipinski definition) is 3. The lowest BCUT2D eigenvalue weighted by molar-refractivity contribution is -0.122. The van der Waals surface area contributed by atoms with Crippen LogP contribution < -0.4 is 5.32 Å². The molecule has 0 aliphatic carbocycles. The number of hydrogen-bond donors (Lipinski definition) is 2. The van der Waals surface area contributed by atoms with Gasteiger partial charge in [0.05, 0.1) is 12.9 Å². The van der Waals surface area contributed by atoms with Gasteiger partial charge in [-0.2, -0.15) is 0 Å². The Hall–Kier alpha value is -1.36. The lowest BCUT2D eigenvalue weighted by atomic mass is 10.2. The molecule has 2 rings (SSSR count). The van der Waals surface area contributed by atoms with E-state index in [2.05, 4.69) is 20.2 Å². The van der Waals surface area contributed by atoms with Crippen molar-refractivity contribution in [2.75, 3.05) is 26.2 Å². The quantitative estimate of drug-likeness (QED) is 0.817. The third-order valence-electron chi connectivity index (χ3n) is 3.34. The van der Waals surface area contributed by atoms with Crippen LogP contribution in [-0.2, 0) is 11.2 Å². The topological polar surface area (TPSA) is 61.0 Å². The lowest BCUT2D eigenvalue weighted by Crippen LogP contribution is -2.38. The van der Waals surface area contributed by atoms with Crippen molar-refractivity contribution in [3.8, 4) is 0 Å². The molecule has 1 aromatic rings. The fraction of sp³-hybridized carbons (Fsp3) is 0.692. The van der Waals surface area contributed by atoms with E-state index >= 15 is 0 Å². The fourth-order valence-corrected chi connectivity index (χ4v) is 2.31. The van der Waals surface area contributed by atoms with Crippen molar-refractivity contribution in [1.82, 2.24) is 20.2 Å². The number of aromatic nitrogens is 2. The van der Waals surface area contributed by atoms with Crippen molar-refractivity contribution in [1.29, 1.82) is 0 Å². The van der Waals surface area contributed by atoms with Crippen LogP contribution in [0.4, 0.5) is 0 Å². The summed E-state index contributed by atoms with van der Waals surface area (Å²) in [6.07, 6.45) is 9.32. The fourth-order valence-electron chi connectivity index (χ4n) is 2.31. The van der Waals surface area contributed by atoms with Crippen molar-refractivity contribution in [3.05, 3.63) is 18.2 Å². The van der Waals surface area contributed by atoms with Gasteiger partial charge in [-0.15, -0.1) is 0 Å². The molecule has 100 valence electrons. The Morgan fingerprint density at radius 1 is 1.33 bits per heavy atom. The van der Waals surface area contributed by atoms with Gasteiger partial charge in [0, 0.05) is 24.9 Å². The summed E-state index contributed by atoms with van der Waals surface area (Å²) in [6.45, 7) is 3.35. The summed E-state index contributed by atoms with van der Waals surface area (Å²) in [5.41, 5.74) is 1.06. The summed E-state index contributed by atoms with van der Waals surface area (Å²) >= 11 is 0. The van der Waals surface area contributed by atoms with Gasteiger partial charge < -0.3 is 10.3 Å². The van der Waals surface area contributed by atoms with Crippen LogP contribution in [0.5, 0.6) is 0 Å². The van der Waals surface area contributed by atoms with E-state index in [9.17, 15) is 4.79 Å². The number of H-pyrrole nitrogens is 1. The molecule has 0 unspecified atom stereocenters. The maximum atomic E-state index is 11.8. The molecule has 0 aromatic carbocycles. The number of nitrogens with zero attached hydrogens (tertiary/aromatic N) is 2. The summed E-state index contributed by atoms with van der Waals surface area (Å²) in [5, 5.41) is 2.96. The molecule has 5 heteroatoms. The Morgan fingerprint density at radius 2 is 2.11 bits per heavy atom. The molecule has 0 saturated carbocycles. The molecule has 5 nitrogen and oxygen atoms in total. The monoisotopic (exact) mass is 250 g/mol. The maximum absolute atomic E-state index is 11.8. The molecule has 1 aromatic heterocycles. The van der Waals surface area contributed by atoms with Crippen molar-refractivity contribution >= 4 is 5.91 Å². The molecule has 1 aliphatic heterocycles. The van der Waals surface area contributed by atoms with E-state index in [1.54, 1.807) is 12.5 Å². The first kappa shape index (κ1) is 13.1. The van der Waals surface area contributed by atoms with E-state index < -0.39 is 0 Å². The Bertz CT molecular complexity index is 342. The zero-order valence-corrected chi connectivity index (χ0v) is 10.8. The molecule has 0 spiro atoms. The number of nitrogens with one attached hydrogen (secondary N) is 2. The largest absolute Gasteiger partial charge is 0.355 e. The number of rotatable bonds is 5. The number of carbonyl (C=O) groups is 1. The number of carbonyl (C=O) groups excluding carboxylic acids is 1. The van der Waals surface area contributed by atoms with E-state index in [1.165, 1.54) is 25.7 Å². The van der Waals surface area contributed by atoms with Crippen LogP contribution >= 0.6 is 0 Å². The van der Waals surface area contributed by atoms with Crippen molar-refractivity contribution < 1.29 is 4.79 Å². The predicted molar refractivity (Wildman–Crippen MR) is 70.2 cm³/mol. The van der Waals surface area contributed by atoms with Crippen molar-refractivity contribution in [2.45, 2.75) is 32.1 Å². The van der Waals surface area contributed by atoms with Crippen LogP contribution in [0.25, 0.3) is 0 Å². The minimum absolute atomic E-state index is 0.136. The molecule has 1 saturated heterocycles. The van der Waals surface area contributed by atoms with Crippen molar-refractivity contribution in [3.63, 3.8) is 0 Å². The summed E-state index contributed by atoms with van der Waals surface area (Å²) in [5.74, 6) is 0.136.